The number of fused-ring (bicyclic) bond motifs is 1. The van der Waals surface area contributed by atoms with E-state index in [9.17, 15) is 9.90 Å². The van der Waals surface area contributed by atoms with Crippen molar-refractivity contribution in [3.63, 3.8) is 0 Å². The van der Waals surface area contributed by atoms with Crippen LogP contribution >= 0.6 is 11.6 Å². The summed E-state index contributed by atoms with van der Waals surface area (Å²) in [6.07, 6.45) is 1.39. The molecule has 0 unspecified atom stereocenters. The number of carbonyl (C=O) groups is 1. The van der Waals surface area contributed by atoms with Gasteiger partial charge in [-0.15, -0.1) is 0 Å². The summed E-state index contributed by atoms with van der Waals surface area (Å²) in [6, 6.07) is 12.5. The van der Waals surface area contributed by atoms with Crippen LogP contribution in [0.15, 0.2) is 42.5 Å². The first-order valence-electron chi connectivity index (χ1n) is 8.68. The highest BCUT2D eigenvalue weighted by Gasteiger charge is 2.33. The van der Waals surface area contributed by atoms with Gasteiger partial charge in [0.15, 0.2) is 5.82 Å². The van der Waals surface area contributed by atoms with Gasteiger partial charge in [0.1, 0.15) is 17.6 Å². The van der Waals surface area contributed by atoms with E-state index in [0.717, 1.165) is 17.4 Å². The second kappa shape index (κ2) is 7.04. The van der Waals surface area contributed by atoms with Crippen LogP contribution in [0, 0.1) is 0 Å². The zero-order chi connectivity index (χ0) is 19.0. The quantitative estimate of drug-likeness (QED) is 0.733. The number of carboxylic acids is 1. The summed E-state index contributed by atoms with van der Waals surface area (Å²) >= 11 is 6.30. The monoisotopic (exact) mass is 383 g/mol. The molecule has 27 heavy (non-hydrogen) atoms. The summed E-state index contributed by atoms with van der Waals surface area (Å²) in [5, 5.41) is 10.8. The molecule has 6 nitrogen and oxygen atoms in total. The molecule has 1 atom stereocenters. The van der Waals surface area contributed by atoms with Gasteiger partial charge in [-0.05, 0) is 25.0 Å². The first-order chi connectivity index (χ1) is 13.1. The SMILES string of the molecule is COc1cc2c(N3CCC[C@H]3C(=O)O)nc(-c3ccccc3)nc2cc1Cl. The second-order valence-electron chi connectivity index (χ2n) is 6.43. The summed E-state index contributed by atoms with van der Waals surface area (Å²) in [4.78, 5) is 23.0. The molecule has 0 bridgehead atoms. The van der Waals surface area contributed by atoms with E-state index in [1.807, 2.05) is 35.2 Å². The van der Waals surface area contributed by atoms with Crippen molar-refractivity contribution < 1.29 is 14.6 Å². The highest BCUT2D eigenvalue weighted by molar-refractivity contribution is 6.33. The number of aromatic nitrogens is 2. The van der Waals surface area contributed by atoms with Crippen LogP contribution in [0.5, 0.6) is 5.75 Å². The van der Waals surface area contributed by atoms with Crippen molar-refractivity contribution in [1.82, 2.24) is 9.97 Å². The van der Waals surface area contributed by atoms with Crippen LogP contribution < -0.4 is 9.64 Å². The molecule has 0 amide bonds. The average Bonchev–Trinajstić information content (AvgIpc) is 3.17. The lowest BCUT2D eigenvalue weighted by molar-refractivity contribution is -0.138. The fourth-order valence-corrected chi connectivity index (χ4v) is 3.72. The van der Waals surface area contributed by atoms with Gasteiger partial charge in [0.2, 0.25) is 0 Å². The first-order valence-corrected chi connectivity index (χ1v) is 9.06. The summed E-state index contributed by atoms with van der Waals surface area (Å²) in [6.45, 7) is 0.627. The summed E-state index contributed by atoms with van der Waals surface area (Å²) < 4.78 is 5.34. The predicted octanol–water partition coefficient (Wildman–Crippen LogP) is 4.01. The molecular formula is C20H18ClN3O3. The number of aliphatic carboxylic acids is 1. The Bertz CT molecular complexity index is 1010. The molecule has 0 radical (unpaired) electrons. The second-order valence-corrected chi connectivity index (χ2v) is 6.84. The van der Waals surface area contributed by atoms with E-state index in [0.29, 0.717) is 40.9 Å². The number of methoxy groups -OCH3 is 1. The maximum atomic E-state index is 11.7. The molecule has 2 aromatic carbocycles. The van der Waals surface area contributed by atoms with Crippen molar-refractivity contribution >= 4 is 34.3 Å². The van der Waals surface area contributed by atoms with Crippen LogP contribution in [0.1, 0.15) is 12.8 Å². The van der Waals surface area contributed by atoms with Gasteiger partial charge in [0.25, 0.3) is 0 Å². The minimum Gasteiger partial charge on any atom is -0.495 e. The molecule has 7 heteroatoms. The molecule has 3 aromatic rings. The maximum absolute atomic E-state index is 11.7. The molecular weight excluding hydrogens is 366 g/mol. The standard InChI is InChI=1S/C20H18ClN3O3/c1-27-17-10-13-15(11-14(17)21)22-18(12-6-3-2-4-7-12)23-19(13)24-9-5-8-16(24)20(25)26/h2-4,6-7,10-11,16H,5,8-9H2,1H3,(H,25,26)/t16-/m0/s1. The van der Waals surface area contributed by atoms with Crippen molar-refractivity contribution in [1.29, 1.82) is 0 Å². The molecule has 0 aliphatic carbocycles. The van der Waals surface area contributed by atoms with Crippen LogP contribution in [0.2, 0.25) is 5.02 Å². The molecule has 2 heterocycles. The minimum atomic E-state index is -0.846. The van der Waals surface area contributed by atoms with E-state index in [2.05, 4.69) is 4.98 Å². The Balaban J connectivity index is 1.97. The number of carboxylic acid groups (broad SMARTS) is 1. The number of rotatable bonds is 4. The van der Waals surface area contributed by atoms with Gasteiger partial charge in [0, 0.05) is 17.5 Å². The molecule has 1 aliphatic heterocycles. The molecule has 4 rings (SSSR count). The summed E-state index contributed by atoms with van der Waals surface area (Å²) in [5.41, 5.74) is 1.51. The number of hydrogen-bond acceptors (Lipinski definition) is 5. The number of halogens is 1. The van der Waals surface area contributed by atoms with Crippen molar-refractivity contribution in [3.05, 3.63) is 47.5 Å². The van der Waals surface area contributed by atoms with Gasteiger partial charge in [-0.25, -0.2) is 14.8 Å². The van der Waals surface area contributed by atoms with Crippen LogP contribution in [-0.2, 0) is 4.79 Å². The van der Waals surface area contributed by atoms with Crippen molar-refractivity contribution in [2.45, 2.75) is 18.9 Å². The summed E-state index contributed by atoms with van der Waals surface area (Å²) in [5.74, 6) is 0.795. The van der Waals surface area contributed by atoms with E-state index in [4.69, 9.17) is 21.3 Å². The third kappa shape index (κ3) is 3.17. The van der Waals surface area contributed by atoms with Gasteiger partial charge >= 0.3 is 5.97 Å². The predicted molar refractivity (Wildman–Crippen MR) is 105 cm³/mol. The minimum absolute atomic E-state index is 0.449. The molecule has 1 N–H and O–H groups in total. The van der Waals surface area contributed by atoms with Crippen molar-refractivity contribution in [2.75, 3.05) is 18.6 Å². The van der Waals surface area contributed by atoms with Crippen LogP contribution in [0.25, 0.3) is 22.3 Å². The summed E-state index contributed by atoms with van der Waals surface area (Å²) in [7, 11) is 1.54. The fraction of sp³-hybridized carbons (Fsp3) is 0.250. The van der Waals surface area contributed by atoms with Gasteiger partial charge in [-0.1, -0.05) is 41.9 Å². The van der Waals surface area contributed by atoms with E-state index < -0.39 is 12.0 Å². The highest BCUT2D eigenvalue weighted by Crippen LogP contribution is 2.37. The Morgan fingerprint density at radius 3 is 2.74 bits per heavy atom. The number of anilines is 1. The number of nitrogens with zero attached hydrogens (tertiary/aromatic N) is 3. The number of ether oxygens (including phenoxy) is 1. The van der Waals surface area contributed by atoms with Crippen LogP contribution in [0.4, 0.5) is 5.82 Å². The normalized spacial score (nSPS) is 16.7. The van der Waals surface area contributed by atoms with E-state index in [1.54, 1.807) is 19.2 Å². The first kappa shape index (κ1) is 17.5. The zero-order valence-corrected chi connectivity index (χ0v) is 15.5. The topological polar surface area (TPSA) is 75.5 Å². The van der Waals surface area contributed by atoms with E-state index >= 15 is 0 Å². The molecule has 138 valence electrons. The molecule has 1 aliphatic rings. The Hall–Kier alpha value is -2.86. The Kier molecular flexibility index (Phi) is 4.58. The van der Waals surface area contributed by atoms with Crippen LogP contribution in [0.3, 0.4) is 0 Å². The lowest BCUT2D eigenvalue weighted by atomic mass is 10.1. The number of hydrogen-bond donors (Lipinski definition) is 1. The lowest BCUT2D eigenvalue weighted by Gasteiger charge is -2.24. The molecule has 1 saturated heterocycles. The Morgan fingerprint density at radius 1 is 1.26 bits per heavy atom. The van der Waals surface area contributed by atoms with Crippen molar-refractivity contribution in [3.8, 4) is 17.1 Å². The lowest BCUT2D eigenvalue weighted by Crippen LogP contribution is -2.36. The average molecular weight is 384 g/mol. The maximum Gasteiger partial charge on any atom is 0.326 e. The third-order valence-corrected chi connectivity index (χ3v) is 5.09. The van der Waals surface area contributed by atoms with Crippen LogP contribution in [-0.4, -0.2) is 40.7 Å². The Labute approximate surface area is 161 Å². The molecule has 1 aromatic heterocycles. The smallest absolute Gasteiger partial charge is 0.326 e. The highest BCUT2D eigenvalue weighted by atomic mass is 35.5. The fourth-order valence-electron chi connectivity index (χ4n) is 3.48. The van der Waals surface area contributed by atoms with E-state index in [-0.39, 0.29) is 0 Å². The van der Waals surface area contributed by atoms with Crippen molar-refractivity contribution in [2.24, 2.45) is 0 Å². The molecule has 0 spiro atoms. The van der Waals surface area contributed by atoms with Gasteiger partial charge in [-0.3, -0.25) is 0 Å². The molecule has 1 fully saturated rings. The van der Waals surface area contributed by atoms with E-state index in [1.165, 1.54) is 0 Å². The molecule has 0 saturated carbocycles. The Morgan fingerprint density at radius 2 is 2.04 bits per heavy atom. The van der Waals surface area contributed by atoms with Gasteiger partial charge in [0.05, 0.1) is 17.6 Å². The third-order valence-electron chi connectivity index (χ3n) is 4.79. The zero-order valence-electron chi connectivity index (χ0n) is 14.7. The van der Waals surface area contributed by atoms with Gasteiger partial charge < -0.3 is 14.7 Å². The number of benzene rings is 2. The van der Waals surface area contributed by atoms with Gasteiger partial charge in [-0.2, -0.15) is 0 Å². The largest absolute Gasteiger partial charge is 0.495 e.